The maximum absolute atomic E-state index is 13.5. The molecule has 0 unspecified atom stereocenters. The first-order valence-electron chi connectivity index (χ1n) is 13.8. The van der Waals surface area contributed by atoms with Gasteiger partial charge in [0.05, 0.1) is 36.8 Å². The number of nitrogens with two attached hydrogens (primary N) is 1. The van der Waals surface area contributed by atoms with Gasteiger partial charge in [0.2, 0.25) is 5.91 Å². The molecule has 0 aliphatic carbocycles. The summed E-state index contributed by atoms with van der Waals surface area (Å²) in [5.74, 6) is 1.66. The smallest absolute Gasteiger partial charge is 0.231 e. The Morgan fingerprint density at radius 1 is 1.00 bits per heavy atom. The number of methoxy groups -OCH3 is 2. The molecular formula is C31H31ClFN7O4. The van der Waals surface area contributed by atoms with Crippen molar-refractivity contribution >= 4 is 50.8 Å². The van der Waals surface area contributed by atoms with Gasteiger partial charge >= 0.3 is 0 Å². The van der Waals surface area contributed by atoms with E-state index < -0.39 is 5.82 Å². The number of fused-ring (bicyclic) bond motifs is 2. The normalized spacial score (nSPS) is 13.6. The largest absolute Gasteiger partial charge is 0.497 e. The van der Waals surface area contributed by atoms with Crippen LogP contribution in [0, 0.1) is 5.82 Å². The molecule has 13 heteroatoms. The average Bonchev–Trinajstić information content (AvgIpc) is 3.03. The molecule has 3 aromatic carbocycles. The number of likely N-dealkylation sites (tertiary alicyclic amines) is 1. The van der Waals surface area contributed by atoms with Crippen LogP contribution in [0.1, 0.15) is 12.8 Å². The zero-order valence-corrected chi connectivity index (χ0v) is 24.9. The molecule has 2 aromatic heterocycles. The number of benzene rings is 3. The number of rotatable bonds is 8. The predicted octanol–water partition coefficient (Wildman–Crippen LogP) is 5.14. The lowest BCUT2D eigenvalue weighted by molar-refractivity contribution is -0.119. The van der Waals surface area contributed by atoms with E-state index in [1.54, 1.807) is 32.5 Å². The number of ether oxygens (including phenoxy) is 3. The van der Waals surface area contributed by atoms with Gasteiger partial charge in [-0.1, -0.05) is 11.6 Å². The van der Waals surface area contributed by atoms with Crippen molar-refractivity contribution in [2.45, 2.75) is 18.9 Å². The quantitative estimate of drug-likeness (QED) is 0.240. The lowest BCUT2D eigenvalue weighted by Crippen LogP contribution is -2.42. The van der Waals surface area contributed by atoms with Gasteiger partial charge in [0.25, 0.3) is 0 Å². The minimum atomic E-state index is -0.493. The van der Waals surface area contributed by atoms with E-state index in [0.717, 1.165) is 48.0 Å². The molecule has 3 N–H and O–H groups in total. The molecule has 1 amide bonds. The van der Waals surface area contributed by atoms with E-state index in [4.69, 9.17) is 31.5 Å². The van der Waals surface area contributed by atoms with Crippen molar-refractivity contribution in [1.29, 1.82) is 0 Å². The number of aromatic nitrogens is 4. The molecule has 228 valence electrons. The summed E-state index contributed by atoms with van der Waals surface area (Å²) in [6.45, 7) is 1.71. The Morgan fingerprint density at radius 2 is 1.80 bits per heavy atom. The second-order valence-corrected chi connectivity index (χ2v) is 10.4. The van der Waals surface area contributed by atoms with Crippen LogP contribution in [0.4, 0.5) is 15.9 Å². The monoisotopic (exact) mass is 619 g/mol. The summed E-state index contributed by atoms with van der Waals surface area (Å²) < 4.78 is 30.3. The van der Waals surface area contributed by atoms with Crippen LogP contribution in [0.15, 0.2) is 67.4 Å². The third kappa shape index (κ3) is 7.57. The Kier molecular flexibility index (Phi) is 9.82. The van der Waals surface area contributed by atoms with Crippen molar-refractivity contribution in [3.05, 3.63) is 78.2 Å². The van der Waals surface area contributed by atoms with E-state index in [9.17, 15) is 9.18 Å². The number of carbonyl (C=O) groups excluding carboxylic acids is 1. The van der Waals surface area contributed by atoms with Gasteiger partial charge in [-0.3, -0.25) is 9.69 Å². The molecule has 0 atom stereocenters. The van der Waals surface area contributed by atoms with Crippen molar-refractivity contribution in [3.63, 3.8) is 0 Å². The van der Waals surface area contributed by atoms with E-state index in [1.807, 2.05) is 29.2 Å². The topological polar surface area (TPSA) is 138 Å². The van der Waals surface area contributed by atoms with Crippen LogP contribution in [-0.2, 0) is 4.79 Å². The number of nitrogens with zero attached hydrogens (tertiary/aromatic N) is 5. The molecule has 44 heavy (non-hydrogen) atoms. The van der Waals surface area contributed by atoms with E-state index in [1.165, 1.54) is 24.8 Å². The van der Waals surface area contributed by atoms with Gasteiger partial charge in [-0.25, -0.2) is 24.3 Å². The molecule has 3 heterocycles. The molecular weight excluding hydrogens is 589 g/mol. The van der Waals surface area contributed by atoms with Crippen LogP contribution in [0.5, 0.6) is 17.2 Å². The molecule has 0 spiro atoms. The third-order valence-corrected chi connectivity index (χ3v) is 7.32. The van der Waals surface area contributed by atoms with Crippen LogP contribution in [0.3, 0.4) is 0 Å². The second-order valence-electron chi connectivity index (χ2n) is 10.0. The standard InChI is InChI=1S/C22H23ClFN5O3.C9H8N2O/c1-31-19-10-18-15(9-20(19)32-14-4-6-29(7-5-14)11-21(25)30)22(27-12-26-18)28-13-2-3-17(24)16(23)8-13;1-12-8-3-2-7-5-10-6-11-9(7)4-8/h2-3,8-10,12,14H,4-7,11H2,1H3,(H2,25,30)(H,26,27,28);2-6H,1H3. The highest BCUT2D eigenvalue weighted by atomic mass is 35.5. The first kappa shape index (κ1) is 30.6. The number of halogens is 2. The van der Waals surface area contributed by atoms with Crippen LogP contribution in [-0.4, -0.2) is 70.7 Å². The number of hydrogen-bond donors (Lipinski definition) is 2. The van der Waals surface area contributed by atoms with Gasteiger partial charge in [-0.15, -0.1) is 0 Å². The lowest BCUT2D eigenvalue weighted by atomic mass is 10.1. The van der Waals surface area contributed by atoms with Gasteiger partial charge in [0.1, 0.15) is 36.1 Å². The van der Waals surface area contributed by atoms with Crippen molar-refractivity contribution in [2.75, 3.05) is 39.2 Å². The van der Waals surface area contributed by atoms with Crippen molar-refractivity contribution < 1.29 is 23.4 Å². The lowest BCUT2D eigenvalue weighted by Gasteiger charge is -2.31. The van der Waals surface area contributed by atoms with E-state index in [-0.39, 0.29) is 23.6 Å². The maximum atomic E-state index is 13.5. The number of hydrogen-bond acceptors (Lipinski definition) is 10. The molecule has 1 saturated heterocycles. The van der Waals surface area contributed by atoms with E-state index >= 15 is 0 Å². The van der Waals surface area contributed by atoms with E-state index in [2.05, 4.69) is 25.3 Å². The number of nitrogens with one attached hydrogen (secondary N) is 1. The summed E-state index contributed by atoms with van der Waals surface area (Å²) >= 11 is 5.90. The summed E-state index contributed by atoms with van der Waals surface area (Å²) in [5.41, 5.74) is 7.45. The minimum Gasteiger partial charge on any atom is -0.497 e. The van der Waals surface area contributed by atoms with Crippen LogP contribution in [0.25, 0.3) is 21.8 Å². The van der Waals surface area contributed by atoms with Gasteiger partial charge in [0, 0.05) is 47.9 Å². The second kappa shape index (κ2) is 14.1. The Hall–Kier alpha value is -4.81. The van der Waals surface area contributed by atoms with Gasteiger partial charge in [-0.05, 0) is 49.2 Å². The Labute approximate surface area is 258 Å². The number of primary amides is 1. The molecule has 6 rings (SSSR count). The molecule has 1 aliphatic heterocycles. The fraction of sp³-hybridized carbons (Fsp3) is 0.258. The van der Waals surface area contributed by atoms with E-state index in [0.29, 0.717) is 28.5 Å². The fourth-order valence-electron chi connectivity index (χ4n) is 4.79. The van der Waals surface area contributed by atoms with Crippen LogP contribution in [0.2, 0.25) is 5.02 Å². The summed E-state index contributed by atoms with van der Waals surface area (Å²) in [4.78, 5) is 29.8. The number of amides is 1. The number of carbonyl (C=O) groups is 1. The summed E-state index contributed by atoms with van der Waals surface area (Å²) in [7, 11) is 3.21. The number of anilines is 2. The molecule has 1 fully saturated rings. The highest BCUT2D eigenvalue weighted by Gasteiger charge is 2.23. The molecule has 0 radical (unpaired) electrons. The first-order valence-corrected chi connectivity index (χ1v) is 14.2. The zero-order valence-electron chi connectivity index (χ0n) is 24.2. The summed E-state index contributed by atoms with van der Waals surface area (Å²) in [5, 5.41) is 4.92. The van der Waals surface area contributed by atoms with Crippen molar-refractivity contribution in [2.24, 2.45) is 5.73 Å². The SMILES string of the molecule is COc1cc2ncnc(Nc3ccc(F)c(Cl)c3)c2cc1OC1CCN(CC(N)=O)CC1.COc1ccc2cncnc2c1. The summed E-state index contributed by atoms with van der Waals surface area (Å²) in [6, 6.07) is 13.7. The highest BCUT2D eigenvalue weighted by molar-refractivity contribution is 6.31. The highest BCUT2D eigenvalue weighted by Crippen LogP contribution is 2.36. The average molecular weight is 620 g/mol. The van der Waals surface area contributed by atoms with Crippen molar-refractivity contribution in [3.8, 4) is 17.2 Å². The minimum absolute atomic E-state index is 0.0155. The molecule has 0 bridgehead atoms. The first-order chi connectivity index (χ1) is 21.3. The Bertz CT molecular complexity index is 1770. The molecule has 11 nitrogen and oxygen atoms in total. The Morgan fingerprint density at radius 3 is 2.52 bits per heavy atom. The zero-order chi connectivity index (χ0) is 31.1. The van der Waals surface area contributed by atoms with Crippen molar-refractivity contribution in [1.82, 2.24) is 24.8 Å². The predicted molar refractivity (Wildman–Crippen MR) is 166 cm³/mol. The molecule has 1 aliphatic rings. The van der Waals surface area contributed by atoms with Gasteiger partial charge in [-0.2, -0.15) is 0 Å². The number of piperidine rings is 1. The van der Waals surface area contributed by atoms with Crippen LogP contribution >= 0.6 is 11.6 Å². The third-order valence-electron chi connectivity index (χ3n) is 7.03. The maximum Gasteiger partial charge on any atom is 0.231 e. The van der Waals surface area contributed by atoms with Crippen LogP contribution < -0.4 is 25.3 Å². The summed E-state index contributed by atoms with van der Waals surface area (Å²) in [6.07, 6.45) is 6.24. The fourth-order valence-corrected chi connectivity index (χ4v) is 4.97. The van der Waals surface area contributed by atoms with Gasteiger partial charge < -0.3 is 25.3 Å². The molecule has 0 saturated carbocycles. The molecule has 5 aromatic rings. The van der Waals surface area contributed by atoms with Gasteiger partial charge in [0.15, 0.2) is 11.5 Å². The Balaban J connectivity index is 0.000000266.